The molecule has 1 amide bonds. The van der Waals surface area contributed by atoms with Crippen LogP contribution in [0.5, 0.6) is 0 Å². The third-order valence-electron chi connectivity index (χ3n) is 3.09. The Bertz CT molecular complexity index is 235. The summed E-state index contributed by atoms with van der Waals surface area (Å²) in [4.78, 5) is 13.8. The molecule has 86 valence electrons. The molecule has 1 heterocycles. The van der Waals surface area contributed by atoms with E-state index in [1.54, 1.807) is 6.92 Å². The highest BCUT2D eigenvalue weighted by Gasteiger charge is 2.35. The van der Waals surface area contributed by atoms with Gasteiger partial charge in [0.15, 0.2) is 0 Å². The van der Waals surface area contributed by atoms with E-state index in [0.29, 0.717) is 12.0 Å². The topological polar surface area (TPSA) is 29.5 Å². The number of alkyl halides is 1. The van der Waals surface area contributed by atoms with Crippen LogP contribution in [0.4, 0.5) is 0 Å². The summed E-state index contributed by atoms with van der Waals surface area (Å²) in [7, 11) is 0. The lowest BCUT2D eigenvalue weighted by molar-refractivity contribution is -0.131. The molecule has 0 bridgehead atoms. The van der Waals surface area contributed by atoms with E-state index in [1.165, 1.54) is 0 Å². The number of carbonyl (C=O) groups is 1. The van der Waals surface area contributed by atoms with Gasteiger partial charge in [0.2, 0.25) is 5.91 Å². The predicted octanol–water partition coefficient (Wildman–Crippen LogP) is 1.64. The van der Waals surface area contributed by atoms with Crippen LogP contribution in [0.15, 0.2) is 0 Å². The van der Waals surface area contributed by atoms with Crippen molar-refractivity contribution in [3.8, 4) is 0 Å². The van der Waals surface area contributed by atoms with Crippen molar-refractivity contribution in [2.45, 2.75) is 37.6 Å². The first-order valence-electron chi connectivity index (χ1n) is 5.70. The summed E-state index contributed by atoms with van der Waals surface area (Å²) in [6.45, 7) is 4.23. The van der Waals surface area contributed by atoms with Crippen molar-refractivity contribution >= 4 is 17.5 Å². The Kier molecular flexibility index (Phi) is 3.52. The van der Waals surface area contributed by atoms with E-state index in [-0.39, 0.29) is 5.91 Å². The van der Waals surface area contributed by atoms with Gasteiger partial charge in [0, 0.05) is 25.1 Å². The molecule has 1 aliphatic carbocycles. The average Bonchev–Trinajstić information content (AvgIpc) is 2.92. The van der Waals surface area contributed by atoms with Gasteiger partial charge in [0.25, 0.3) is 0 Å². The standard InChI is InChI=1S/C11H18ClNO2/c1-8(12)11(14)13(10-2-3-10)6-9-4-5-15-7-9/h8-10H,2-7H2,1H3. The van der Waals surface area contributed by atoms with Gasteiger partial charge in [-0.3, -0.25) is 4.79 Å². The van der Waals surface area contributed by atoms with Gasteiger partial charge in [-0.1, -0.05) is 0 Å². The highest BCUT2D eigenvalue weighted by atomic mass is 35.5. The molecule has 0 radical (unpaired) electrons. The maximum atomic E-state index is 11.9. The van der Waals surface area contributed by atoms with Crippen molar-refractivity contribution in [1.82, 2.24) is 4.90 Å². The molecule has 4 heteroatoms. The van der Waals surface area contributed by atoms with E-state index in [1.807, 2.05) is 4.90 Å². The minimum atomic E-state index is -0.395. The summed E-state index contributed by atoms with van der Waals surface area (Å²) in [6, 6.07) is 0.458. The summed E-state index contributed by atoms with van der Waals surface area (Å²) in [6.07, 6.45) is 3.36. The number of hydrogen-bond acceptors (Lipinski definition) is 2. The number of rotatable bonds is 4. The minimum absolute atomic E-state index is 0.0890. The summed E-state index contributed by atoms with van der Waals surface area (Å²) < 4.78 is 5.33. The Balaban J connectivity index is 1.90. The van der Waals surface area contributed by atoms with E-state index in [4.69, 9.17) is 16.3 Å². The number of amides is 1. The molecule has 0 aromatic rings. The fourth-order valence-electron chi connectivity index (χ4n) is 2.04. The van der Waals surface area contributed by atoms with Gasteiger partial charge in [-0.2, -0.15) is 0 Å². The van der Waals surface area contributed by atoms with Gasteiger partial charge in [-0.15, -0.1) is 11.6 Å². The maximum absolute atomic E-state index is 11.9. The van der Waals surface area contributed by atoms with E-state index in [0.717, 1.165) is 39.0 Å². The van der Waals surface area contributed by atoms with E-state index >= 15 is 0 Å². The first-order valence-corrected chi connectivity index (χ1v) is 6.14. The van der Waals surface area contributed by atoms with Crippen molar-refractivity contribution in [3.05, 3.63) is 0 Å². The Morgan fingerprint density at radius 2 is 2.27 bits per heavy atom. The fourth-order valence-corrected chi connectivity index (χ4v) is 2.16. The molecule has 0 spiro atoms. The lowest BCUT2D eigenvalue weighted by Gasteiger charge is -2.26. The van der Waals surface area contributed by atoms with Crippen LogP contribution < -0.4 is 0 Å². The second-order valence-electron chi connectivity index (χ2n) is 4.57. The quantitative estimate of drug-likeness (QED) is 0.689. The normalized spacial score (nSPS) is 27.7. The number of nitrogens with zero attached hydrogens (tertiary/aromatic N) is 1. The summed E-state index contributed by atoms with van der Waals surface area (Å²) in [5.41, 5.74) is 0. The van der Waals surface area contributed by atoms with Gasteiger partial charge < -0.3 is 9.64 Å². The summed E-state index contributed by atoms with van der Waals surface area (Å²) in [5.74, 6) is 0.607. The largest absolute Gasteiger partial charge is 0.381 e. The highest BCUT2D eigenvalue weighted by Crippen LogP contribution is 2.30. The number of halogens is 1. The Hall–Kier alpha value is -0.280. The zero-order valence-corrected chi connectivity index (χ0v) is 9.87. The fraction of sp³-hybridized carbons (Fsp3) is 0.909. The second-order valence-corrected chi connectivity index (χ2v) is 5.22. The molecule has 15 heavy (non-hydrogen) atoms. The minimum Gasteiger partial charge on any atom is -0.381 e. The lowest BCUT2D eigenvalue weighted by Crippen LogP contribution is -2.40. The molecule has 0 aromatic heterocycles. The van der Waals surface area contributed by atoms with Crippen LogP contribution in [0.2, 0.25) is 0 Å². The molecule has 0 aromatic carbocycles. The monoisotopic (exact) mass is 231 g/mol. The van der Waals surface area contributed by atoms with E-state index in [9.17, 15) is 4.79 Å². The molecule has 1 aliphatic heterocycles. The van der Waals surface area contributed by atoms with Crippen LogP contribution in [-0.2, 0) is 9.53 Å². The molecule has 1 saturated heterocycles. The van der Waals surface area contributed by atoms with E-state index in [2.05, 4.69) is 0 Å². The predicted molar refractivity (Wildman–Crippen MR) is 59.0 cm³/mol. The van der Waals surface area contributed by atoms with Crippen molar-refractivity contribution in [1.29, 1.82) is 0 Å². The van der Waals surface area contributed by atoms with Gasteiger partial charge in [0.05, 0.1) is 6.61 Å². The molecule has 2 fully saturated rings. The zero-order valence-electron chi connectivity index (χ0n) is 9.12. The van der Waals surface area contributed by atoms with Crippen LogP contribution in [0.3, 0.4) is 0 Å². The first-order chi connectivity index (χ1) is 7.18. The molecule has 3 nitrogen and oxygen atoms in total. The Morgan fingerprint density at radius 3 is 2.73 bits per heavy atom. The van der Waals surface area contributed by atoms with Gasteiger partial charge in [0.1, 0.15) is 5.38 Å². The van der Waals surface area contributed by atoms with Gasteiger partial charge in [-0.25, -0.2) is 0 Å². The molecule has 2 unspecified atom stereocenters. The molecule has 2 atom stereocenters. The zero-order chi connectivity index (χ0) is 10.8. The maximum Gasteiger partial charge on any atom is 0.240 e. The molecular weight excluding hydrogens is 214 g/mol. The van der Waals surface area contributed by atoms with E-state index < -0.39 is 5.38 Å². The molecule has 2 rings (SSSR count). The smallest absolute Gasteiger partial charge is 0.240 e. The van der Waals surface area contributed by atoms with Gasteiger partial charge >= 0.3 is 0 Å². The molecule has 1 saturated carbocycles. The third-order valence-corrected chi connectivity index (χ3v) is 3.28. The molecular formula is C11H18ClNO2. The van der Waals surface area contributed by atoms with Crippen molar-refractivity contribution in [2.75, 3.05) is 19.8 Å². The van der Waals surface area contributed by atoms with Crippen LogP contribution in [0, 0.1) is 5.92 Å². The highest BCUT2D eigenvalue weighted by molar-refractivity contribution is 6.30. The summed E-state index contributed by atoms with van der Waals surface area (Å²) in [5, 5.41) is -0.395. The van der Waals surface area contributed by atoms with Crippen molar-refractivity contribution in [2.24, 2.45) is 5.92 Å². The average molecular weight is 232 g/mol. The number of ether oxygens (including phenoxy) is 1. The lowest BCUT2D eigenvalue weighted by atomic mass is 10.1. The van der Waals surface area contributed by atoms with Crippen LogP contribution >= 0.6 is 11.6 Å². The SMILES string of the molecule is CC(Cl)C(=O)N(CC1CCOC1)C1CC1. The summed E-state index contributed by atoms with van der Waals surface area (Å²) >= 11 is 5.86. The Labute approximate surface area is 95.7 Å². The first kappa shape index (κ1) is 11.2. The third kappa shape index (κ3) is 2.85. The Morgan fingerprint density at radius 1 is 1.53 bits per heavy atom. The number of carbonyl (C=O) groups excluding carboxylic acids is 1. The second kappa shape index (κ2) is 4.71. The van der Waals surface area contributed by atoms with Crippen LogP contribution in [0.25, 0.3) is 0 Å². The molecule has 0 N–H and O–H groups in total. The van der Waals surface area contributed by atoms with Crippen LogP contribution in [-0.4, -0.2) is 42.0 Å². The van der Waals surface area contributed by atoms with Crippen LogP contribution in [0.1, 0.15) is 26.2 Å². The van der Waals surface area contributed by atoms with Crippen molar-refractivity contribution in [3.63, 3.8) is 0 Å². The van der Waals surface area contributed by atoms with Crippen molar-refractivity contribution < 1.29 is 9.53 Å². The number of hydrogen-bond donors (Lipinski definition) is 0. The molecule has 2 aliphatic rings. The van der Waals surface area contributed by atoms with Gasteiger partial charge in [-0.05, 0) is 26.2 Å².